The van der Waals surface area contributed by atoms with Crippen molar-refractivity contribution in [2.75, 3.05) is 6.61 Å². The van der Waals surface area contributed by atoms with Gasteiger partial charge in [-0.2, -0.15) is 0 Å². The van der Waals surface area contributed by atoms with Gasteiger partial charge in [-0.25, -0.2) is 0 Å². The number of aliphatic hydroxyl groups is 1. The number of aryl methyl sites for hydroxylation is 2. The Hall–Kier alpha value is -1.02. The highest BCUT2D eigenvalue weighted by Gasteiger charge is 2.13. The van der Waals surface area contributed by atoms with Crippen molar-refractivity contribution in [2.24, 2.45) is 0 Å². The van der Waals surface area contributed by atoms with Crippen molar-refractivity contribution in [3.8, 4) is 5.75 Å². The number of rotatable bonds is 3. The van der Waals surface area contributed by atoms with E-state index in [4.69, 9.17) is 4.74 Å². The highest BCUT2D eigenvalue weighted by molar-refractivity contribution is 5.33. The topological polar surface area (TPSA) is 29.5 Å². The van der Waals surface area contributed by atoms with Crippen LogP contribution in [0.1, 0.15) is 25.0 Å². The van der Waals surface area contributed by atoms with Gasteiger partial charge >= 0.3 is 0 Å². The molecule has 0 aliphatic rings. The summed E-state index contributed by atoms with van der Waals surface area (Å²) in [6, 6.07) is 6.04. The smallest absolute Gasteiger partial charge is 0.119 e. The molecule has 1 N–H and O–H groups in total. The first-order valence-corrected chi connectivity index (χ1v) is 4.80. The second kappa shape index (κ2) is 4.01. The number of ether oxygens (including phenoxy) is 1. The number of hydrogen-bond donors (Lipinski definition) is 1. The highest BCUT2D eigenvalue weighted by atomic mass is 16.5. The maximum Gasteiger partial charge on any atom is 0.119 e. The molecule has 0 atom stereocenters. The van der Waals surface area contributed by atoms with Gasteiger partial charge < -0.3 is 9.84 Å². The minimum Gasteiger partial charge on any atom is -0.491 e. The van der Waals surface area contributed by atoms with Gasteiger partial charge in [0, 0.05) is 0 Å². The van der Waals surface area contributed by atoms with Crippen molar-refractivity contribution < 1.29 is 9.84 Å². The first-order chi connectivity index (χ1) is 6.37. The van der Waals surface area contributed by atoms with E-state index in [1.165, 1.54) is 11.1 Å². The SMILES string of the molecule is Cc1cc(C)cc(OCC(C)(C)O)c1. The minimum atomic E-state index is -0.780. The molecule has 0 aliphatic carbocycles. The van der Waals surface area contributed by atoms with Crippen LogP contribution in [0.25, 0.3) is 0 Å². The summed E-state index contributed by atoms with van der Waals surface area (Å²) in [5, 5.41) is 9.49. The average Bonchev–Trinajstić information content (AvgIpc) is 1.97. The van der Waals surface area contributed by atoms with Crippen LogP contribution in [0.15, 0.2) is 18.2 Å². The second-order valence-electron chi connectivity index (χ2n) is 4.42. The molecule has 0 aromatic heterocycles. The van der Waals surface area contributed by atoms with E-state index in [1.54, 1.807) is 13.8 Å². The lowest BCUT2D eigenvalue weighted by Crippen LogP contribution is -2.27. The first-order valence-electron chi connectivity index (χ1n) is 4.80. The molecule has 0 aliphatic heterocycles. The fourth-order valence-electron chi connectivity index (χ4n) is 1.28. The third-order valence-electron chi connectivity index (χ3n) is 1.79. The fraction of sp³-hybridized carbons (Fsp3) is 0.500. The van der Waals surface area contributed by atoms with E-state index in [2.05, 4.69) is 6.07 Å². The van der Waals surface area contributed by atoms with Crippen molar-refractivity contribution in [3.05, 3.63) is 29.3 Å². The Kier molecular flexibility index (Phi) is 3.17. The molecule has 0 saturated heterocycles. The third-order valence-corrected chi connectivity index (χ3v) is 1.79. The van der Waals surface area contributed by atoms with Gasteiger partial charge in [0.1, 0.15) is 12.4 Å². The molecule has 0 spiro atoms. The molecule has 0 saturated carbocycles. The quantitative estimate of drug-likeness (QED) is 0.801. The summed E-state index contributed by atoms with van der Waals surface area (Å²) in [5.74, 6) is 0.824. The molecular formula is C12H18O2. The zero-order chi connectivity index (χ0) is 10.8. The summed E-state index contributed by atoms with van der Waals surface area (Å²) in [7, 11) is 0. The fourth-order valence-corrected chi connectivity index (χ4v) is 1.28. The Morgan fingerprint density at radius 1 is 1.14 bits per heavy atom. The summed E-state index contributed by atoms with van der Waals surface area (Å²) < 4.78 is 5.48. The number of hydrogen-bond acceptors (Lipinski definition) is 2. The van der Waals surface area contributed by atoms with E-state index in [-0.39, 0.29) is 0 Å². The molecule has 0 amide bonds. The lowest BCUT2D eigenvalue weighted by molar-refractivity contribution is 0.0284. The van der Waals surface area contributed by atoms with Crippen LogP contribution in [-0.4, -0.2) is 17.3 Å². The van der Waals surface area contributed by atoms with Gasteiger partial charge in [-0.15, -0.1) is 0 Å². The van der Waals surface area contributed by atoms with Gasteiger partial charge in [0.2, 0.25) is 0 Å². The normalized spacial score (nSPS) is 11.5. The second-order valence-corrected chi connectivity index (χ2v) is 4.42. The molecule has 78 valence electrons. The average molecular weight is 194 g/mol. The molecule has 0 fully saturated rings. The van der Waals surface area contributed by atoms with Crippen LogP contribution in [0.2, 0.25) is 0 Å². The van der Waals surface area contributed by atoms with E-state index in [1.807, 2.05) is 26.0 Å². The summed E-state index contributed by atoms with van der Waals surface area (Å²) in [4.78, 5) is 0. The predicted octanol–water partition coefficient (Wildman–Crippen LogP) is 2.45. The van der Waals surface area contributed by atoms with Crippen molar-refractivity contribution in [2.45, 2.75) is 33.3 Å². The van der Waals surface area contributed by atoms with Crippen LogP contribution in [0, 0.1) is 13.8 Å². The van der Waals surface area contributed by atoms with Gasteiger partial charge in [0.25, 0.3) is 0 Å². The zero-order valence-electron chi connectivity index (χ0n) is 9.29. The van der Waals surface area contributed by atoms with Crippen LogP contribution in [0.5, 0.6) is 5.75 Å². The van der Waals surface area contributed by atoms with Crippen molar-refractivity contribution in [3.63, 3.8) is 0 Å². The molecular weight excluding hydrogens is 176 g/mol. The lowest BCUT2D eigenvalue weighted by atomic mass is 10.1. The van der Waals surface area contributed by atoms with E-state index in [9.17, 15) is 5.11 Å². The monoisotopic (exact) mass is 194 g/mol. The molecule has 2 heteroatoms. The van der Waals surface area contributed by atoms with Crippen LogP contribution in [-0.2, 0) is 0 Å². The summed E-state index contributed by atoms with van der Waals surface area (Å²) in [5.41, 5.74) is 1.57. The van der Waals surface area contributed by atoms with Crippen LogP contribution >= 0.6 is 0 Å². The summed E-state index contributed by atoms with van der Waals surface area (Å²) in [6.07, 6.45) is 0. The van der Waals surface area contributed by atoms with E-state index in [0.717, 1.165) is 5.75 Å². The van der Waals surface area contributed by atoms with E-state index < -0.39 is 5.60 Å². The van der Waals surface area contributed by atoms with Crippen LogP contribution < -0.4 is 4.74 Å². The molecule has 2 nitrogen and oxygen atoms in total. The summed E-state index contributed by atoms with van der Waals surface area (Å²) >= 11 is 0. The molecule has 1 rings (SSSR count). The first kappa shape index (κ1) is 11.1. The third kappa shape index (κ3) is 3.79. The highest BCUT2D eigenvalue weighted by Crippen LogP contribution is 2.17. The molecule has 14 heavy (non-hydrogen) atoms. The molecule has 1 aromatic carbocycles. The van der Waals surface area contributed by atoms with E-state index >= 15 is 0 Å². The van der Waals surface area contributed by atoms with Crippen molar-refractivity contribution in [1.29, 1.82) is 0 Å². The Labute approximate surface area is 85.5 Å². The van der Waals surface area contributed by atoms with Gasteiger partial charge in [-0.05, 0) is 51.0 Å². The molecule has 0 radical (unpaired) electrons. The largest absolute Gasteiger partial charge is 0.491 e. The Balaban J connectivity index is 2.68. The van der Waals surface area contributed by atoms with E-state index in [0.29, 0.717) is 6.61 Å². The van der Waals surface area contributed by atoms with Crippen molar-refractivity contribution in [1.82, 2.24) is 0 Å². The number of benzene rings is 1. The standard InChI is InChI=1S/C12H18O2/c1-9-5-10(2)7-11(6-9)14-8-12(3,4)13/h5-7,13H,8H2,1-4H3. The maximum atomic E-state index is 9.49. The zero-order valence-corrected chi connectivity index (χ0v) is 9.29. The Morgan fingerprint density at radius 2 is 1.64 bits per heavy atom. The Bertz CT molecular complexity index is 290. The van der Waals surface area contributed by atoms with Gasteiger partial charge in [-0.1, -0.05) is 6.07 Å². The minimum absolute atomic E-state index is 0.315. The van der Waals surface area contributed by atoms with Gasteiger partial charge in [0.05, 0.1) is 5.60 Å². The van der Waals surface area contributed by atoms with Crippen LogP contribution in [0.3, 0.4) is 0 Å². The molecule has 0 unspecified atom stereocenters. The van der Waals surface area contributed by atoms with Gasteiger partial charge in [-0.3, -0.25) is 0 Å². The Morgan fingerprint density at radius 3 is 2.07 bits per heavy atom. The van der Waals surface area contributed by atoms with Gasteiger partial charge in [0.15, 0.2) is 0 Å². The molecule has 1 aromatic rings. The maximum absolute atomic E-state index is 9.49. The van der Waals surface area contributed by atoms with Crippen molar-refractivity contribution >= 4 is 0 Å². The lowest BCUT2D eigenvalue weighted by Gasteiger charge is -2.18. The van der Waals surface area contributed by atoms with Crippen LogP contribution in [0.4, 0.5) is 0 Å². The predicted molar refractivity (Wildman–Crippen MR) is 57.7 cm³/mol. The molecule has 0 heterocycles. The summed E-state index contributed by atoms with van der Waals surface area (Å²) in [6.45, 7) is 7.84. The molecule has 0 bridgehead atoms.